The molecule has 0 radical (unpaired) electrons. The van der Waals surface area contributed by atoms with Gasteiger partial charge in [-0.1, -0.05) is 0 Å². The van der Waals surface area contributed by atoms with Crippen molar-refractivity contribution in [3.8, 4) is 0 Å². The van der Waals surface area contributed by atoms with Crippen LogP contribution in [0.1, 0.15) is 6.42 Å². The van der Waals surface area contributed by atoms with Crippen LogP contribution < -0.4 is 5.73 Å². The SMILES string of the molecule is NCC[C@H](C(=O)O)N1CCN(CC(=O)O)CCN(CC(=O)O)CCN(CC(=O)N=O)CC1. The first kappa shape index (κ1) is 27.5. The number of carboxylic acid groups (broad SMARTS) is 3. The van der Waals surface area contributed by atoms with Gasteiger partial charge in [-0.3, -0.25) is 38.8 Å². The molecule has 0 aromatic rings. The molecule has 0 aromatic carbocycles. The maximum absolute atomic E-state index is 11.8. The molecular formula is C18H32N6O8. The number of rotatable bonds is 10. The number of carboxylic acids is 3. The van der Waals surface area contributed by atoms with Gasteiger partial charge in [-0.15, -0.1) is 4.91 Å². The van der Waals surface area contributed by atoms with Gasteiger partial charge >= 0.3 is 17.9 Å². The van der Waals surface area contributed by atoms with Gasteiger partial charge in [-0.25, -0.2) is 0 Å². The van der Waals surface area contributed by atoms with E-state index in [9.17, 15) is 34.3 Å². The van der Waals surface area contributed by atoms with Crippen LogP contribution in [0, 0.1) is 4.91 Å². The summed E-state index contributed by atoms with van der Waals surface area (Å²) in [6, 6.07) is -0.889. The Morgan fingerprint density at radius 3 is 1.50 bits per heavy atom. The average Bonchev–Trinajstić information content (AvgIpc) is 2.71. The lowest BCUT2D eigenvalue weighted by molar-refractivity contribution is -0.144. The molecule has 0 saturated carbocycles. The van der Waals surface area contributed by atoms with Crippen LogP contribution in [0.4, 0.5) is 0 Å². The van der Waals surface area contributed by atoms with Crippen molar-refractivity contribution in [1.29, 1.82) is 0 Å². The van der Waals surface area contributed by atoms with Gasteiger partial charge in [0, 0.05) is 57.5 Å². The molecule has 1 saturated heterocycles. The molecule has 182 valence electrons. The molecule has 14 nitrogen and oxygen atoms in total. The summed E-state index contributed by atoms with van der Waals surface area (Å²) in [7, 11) is 0. The summed E-state index contributed by atoms with van der Waals surface area (Å²) in [6.45, 7) is 1.31. The summed E-state index contributed by atoms with van der Waals surface area (Å²) in [5.74, 6) is -4.03. The number of amides is 1. The first-order chi connectivity index (χ1) is 15.2. The van der Waals surface area contributed by atoms with Gasteiger partial charge in [-0.05, 0) is 13.0 Å². The van der Waals surface area contributed by atoms with E-state index in [1.54, 1.807) is 19.6 Å². The Labute approximate surface area is 185 Å². The smallest absolute Gasteiger partial charge is 0.320 e. The van der Waals surface area contributed by atoms with Crippen molar-refractivity contribution >= 4 is 23.8 Å². The van der Waals surface area contributed by atoms with Crippen LogP contribution >= 0.6 is 0 Å². The van der Waals surface area contributed by atoms with Gasteiger partial charge in [-0.2, -0.15) is 0 Å². The Hall–Kier alpha value is -2.52. The highest BCUT2D eigenvalue weighted by Crippen LogP contribution is 2.08. The molecule has 14 heteroatoms. The molecule has 0 unspecified atom stereocenters. The molecule has 32 heavy (non-hydrogen) atoms. The number of hydrogen-bond donors (Lipinski definition) is 4. The van der Waals surface area contributed by atoms with Crippen molar-refractivity contribution in [2.24, 2.45) is 10.9 Å². The molecular weight excluding hydrogens is 428 g/mol. The van der Waals surface area contributed by atoms with Crippen LogP contribution in [-0.4, -0.2) is 143 Å². The fraction of sp³-hybridized carbons (Fsp3) is 0.778. The third kappa shape index (κ3) is 10.7. The van der Waals surface area contributed by atoms with Gasteiger partial charge in [0.15, 0.2) is 0 Å². The predicted molar refractivity (Wildman–Crippen MR) is 112 cm³/mol. The molecule has 0 bridgehead atoms. The molecule has 5 N–H and O–H groups in total. The fourth-order valence-corrected chi connectivity index (χ4v) is 3.56. The summed E-state index contributed by atoms with van der Waals surface area (Å²) in [5, 5.41) is 30.4. The summed E-state index contributed by atoms with van der Waals surface area (Å²) in [4.78, 5) is 62.9. The highest BCUT2D eigenvalue weighted by molar-refractivity contribution is 5.78. The van der Waals surface area contributed by atoms with E-state index in [0.717, 1.165) is 0 Å². The van der Waals surface area contributed by atoms with Crippen LogP contribution in [-0.2, 0) is 19.2 Å². The standard InChI is InChI=1S/C18H32N6O8/c19-2-1-14(18(30)31)24-9-7-21(11-15(25)20-32)3-4-22(12-16(26)27)5-6-23(8-10-24)13-17(28)29/h14H,1-13,19H2,(H,26,27)(H,28,29)(H,30,31)/t14-/m1/s1. The Balaban J connectivity index is 3.10. The van der Waals surface area contributed by atoms with E-state index >= 15 is 0 Å². The maximum atomic E-state index is 11.8. The van der Waals surface area contributed by atoms with Crippen LogP contribution in [0.15, 0.2) is 5.18 Å². The minimum Gasteiger partial charge on any atom is -0.480 e. The first-order valence-electron chi connectivity index (χ1n) is 10.3. The van der Waals surface area contributed by atoms with Crippen molar-refractivity contribution in [1.82, 2.24) is 19.6 Å². The van der Waals surface area contributed by atoms with Gasteiger partial charge in [0.25, 0.3) is 5.91 Å². The molecule has 0 spiro atoms. The van der Waals surface area contributed by atoms with E-state index in [1.807, 2.05) is 0 Å². The molecule has 1 rings (SSSR count). The molecule has 1 aliphatic rings. The summed E-state index contributed by atoms with van der Waals surface area (Å²) >= 11 is 0. The van der Waals surface area contributed by atoms with Gasteiger partial charge in [0.2, 0.25) is 0 Å². The number of hydrogen-bond acceptors (Lipinski definition) is 10. The van der Waals surface area contributed by atoms with Crippen LogP contribution in [0.25, 0.3) is 0 Å². The Morgan fingerprint density at radius 2 is 1.16 bits per heavy atom. The lowest BCUT2D eigenvalue weighted by atomic mass is 10.1. The number of carbonyl (C=O) groups is 4. The minimum atomic E-state index is -1.06. The van der Waals surface area contributed by atoms with E-state index in [0.29, 0.717) is 0 Å². The monoisotopic (exact) mass is 460 g/mol. The fourth-order valence-electron chi connectivity index (χ4n) is 3.56. The van der Waals surface area contributed by atoms with E-state index < -0.39 is 29.9 Å². The van der Waals surface area contributed by atoms with E-state index in [-0.39, 0.29) is 85.0 Å². The number of carbonyl (C=O) groups excluding carboxylic acids is 1. The Morgan fingerprint density at radius 1 is 0.750 bits per heavy atom. The van der Waals surface area contributed by atoms with Crippen molar-refractivity contribution in [3.05, 3.63) is 4.91 Å². The van der Waals surface area contributed by atoms with Crippen LogP contribution in [0.2, 0.25) is 0 Å². The molecule has 1 fully saturated rings. The summed E-state index contributed by atoms with van der Waals surface area (Å²) in [6.07, 6.45) is 0.190. The summed E-state index contributed by atoms with van der Waals surface area (Å²) in [5.41, 5.74) is 5.57. The largest absolute Gasteiger partial charge is 0.480 e. The van der Waals surface area contributed by atoms with Crippen LogP contribution in [0.3, 0.4) is 0 Å². The zero-order valence-corrected chi connectivity index (χ0v) is 18.0. The molecule has 1 atom stereocenters. The quantitative estimate of drug-likeness (QED) is 0.249. The number of nitroso groups, excluding NO2 is 1. The van der Waals surface area contributed by atoms with Gasteiger partial charge < -0.3 is 21.1 Å². The minimum absolute atomic E-state index is 0.147. The second-order valence-corrected chi connectivity index (χ2v) is 7.57. The van der Waals surface area contributed by atoms with Crippen molar-refractivity contribution < 1.29 is 34.5 Å². The third-order valence-corrected chi connectivity index (χ3v) is 5.22. The molecule has 0 aromatic heterocycles. The van der Waals surface area contributed by atoms with Crippen molar-refractivity contribution in [2.75, 3.05) is 78.5 Å². The molecule has 0 aliphatic carbocycles. The zero-order chi connectivity index (χ0) is 24.1. The second-order valence-electron chi connectivity index (χ2n) is 7.57. The lowest BCUT2D eigenvalue weighted by Crippen LogP contribution is -2.52. The average molecular weight is 460 g/mol. The predicted octanol–water partition coefficient (Wildman–Crippen LogP) is -2.53. The van der Waals surface area contributed by atoms with E-state index in [2.05, 4.69) is 5.18 Å². The highest BCUT2D eigenvalue weighted by atomic mass is 16.4. The number of aliphatic carboxylic acids is 3. The number of nitrogens with zero attached hydrogens (tertiary/aromatic N) is 5. The second kappa shape index (κ2) is 14.5. The van der Waals surface area contributed by atoms with Crippen molar-refractivity contribution in [3.63, 3.8) is 0 Å². The molecule has 1 aliphatic heterocycles. The first-order valence-corrected chi connectivity index (χ1v) is 10.3. The van der Waals surface area contributed by atoms with Gasteiger partial charge in [0.1, 0.15) is 6.04 Å². The van der Waals surface area contributed by atoms with E-state index in [4.69, 9.17) is 10.8 Å². The van der Waals surface area contributed by atoms with Crippen LogP contribution in [0.5, 0.6) is 0 Å². The van der Waals surface area contributed by atoms with E-state index in [1.165, 1.54) is 0 Å². The van der Waals surface area contributed by atoms with Gasteiger partial charge in [0.05, 0.1) is 19.6 Å². The Bertz CT molecular complexity index is 663. The van der Waals surface area contributed by atoms with Crippen molar-refractivity contribution in [2.45, 2.75) is 12.5 Å². The molecule has 1 amide bonds. The highest BCUT2D eigenvalue weighted by Gasteiger charge is 2.27. The Kier molecular flexibility index (Phi) is 12.5. The topological polar surface area (TPSA) is 197 Å². The zero-order valence-electron chi connectivity index (χ0n) is 18.0. The lowest BCUT2D eigenvalue weighted by Gasteiger charge is -2.35. The normalized spacial score (nSPS) is 19.4. The summed E-state index contributed by atoms with van der Waals surface area (Å²) < 4.78 is 0. The maximum Gasteiger partial charge on any atom is 0.320 e. The number of nitrogens with two attached hydrogens (primary N) is 1. The third-order valence-electron chi connectivity index (χ3n) is 5.22. The molecule has 1 heterocycles.